The van der Waals surface area contributed by atoms with E-state index >= 15 is 0 Å². The summed E-state index contributed by atoms with van der Waals surface area (Å²) in [6.07, 6.45) is 8.68. The van der Waals surface area contributed by atoms with Gasteiger partial charge in [0.15, 0.2) is 11.6 Å². The molecule has 2 N–H and O–H groups in total. The van der Waals surface area contributed by atoms with Gasteiger partial charge in [0.1, 0.15) is 0 Å². The number of fused-ring (bicyclic) bond motifs is 1. The molecule has 116 valence electrons. The topological polar surface area (TPSA) is 26.0 Å². The van der Waals surface area contributed by atoms with Crippen LogP contribution < -0.4 is 5.73 Å². The van der Waals surface area contributed by atoms with Crippen molar-refractivity contribution in [3.8, 4) is 0 Å². The highest BCUT2D eigenvalue weighted by molar-refractivity contribution is 6.31. The van der Waals surface area contributed by atoms with Crippen molar-refractivity contribution < 1.29 is 8.78 Å². The Labute approximate surface area is 129 Å². The van der Waals surface area contributed by atoms with Crippen LogP contribution in [0.25, 0.3) is 0 Å². The molecule has 2 aliphatic carbocycles. The van der Waals surface area contributed by atoms with E-state index in [1.807, 2.05) is 0 Å². The number of hydrogen-bond acceptors (Lipinski definition) is 1. The van der Waals surface area contributed by atoms with E-state index in [4.69, 9.17) is 17.3 Å². The van der Waals surface area contributed by atoms with Crippen molar-refractivity contribution in [2.45, 2.75) is 51.0 Å². The molecule has 0 aromatic heterocycles. The molecule has 0 heterocycles. The van der Waals surface area contributed by atoms with Crippen molar-refractivity contribution in [1.29, 1.82) is 0 Å². The van der Waals surface area contributed by atoms with E-state index in [0.29, 0.717) is 11.5 Å². The Hall–Kier alpha value is -0.670. The molecule has 0 spiro atoms. The fourth-order valence-electron chi connectivity index (χ4n) is 4.28. The summed E-state index contributed by atoms with van der Waals surface area (Å²) in [5, 5.41) is 0.243. The number of halogens is 3. The smallest absolute Gasteiger partial charge is 0.160 e. The molecule has 0 amide bonds. The van der Waals surface area contributed by atoms with Crippen LogP contribution in [0.1, 0.15) is 56.6 Å². The van der Waals surface area contributed by atoms with Gasteiger partial charge in [-0.1, -0.05) is 37.3 Å². The largest absolute Gasteiger partial charge is 0.324 e. The molecule has 1 nitrogen and oxygen atoms in total. The van der Waals surface area contributed by atoms with E-state index in [-0.39, 0.29) is 11.1 Å². The standard InChI is InChI=1S/C17H22ClF2N/c18-14-9-16(20)15(19)8-13(14)17(21)12-6-5-10-3-1-2-4-11(10)7-12/h8-12,17H,1-7,21H2. The lowest BCUT2D eigenvalue weighted by molar-refractivity contribution is 0.117. The zero-order valence-corrected chi connectivity index (χ0v) is 12.9. The van der Waals surface area contributed by atoms with Gasteiger partial charge in [-0.2, -0.15) is 0 Å². The van der Waals surface area contributed by atoms with Crippen LogP contribution in [0.4, 0.5) is 8.78 Å². The maximum Gasteiger partial charge on any atom is 0.160 e. The maximum atomic E-state index is 13.5. The van der Waals surface area contributed by atoms with Crippen LogP contribution in [0, 0.1) is 29.4 Å². The summed E-state index contributed by atoms with van der Waals surface area (Å²) < 4.78 is 26.7. The van der Waals surface area contributed by atoms with Crippen molar-refractivity contribution in [1.82, 2.24) is 0 Å². The van der Waals surface area contributed by atoms with Crippen molar-refractivity contribution >= 4 is 11.6 Å². The molecular weight excluding hydrogens is 292 g/mol. The number of hydrogen-bond donors (Lipinski definition) is 1. The summed E-state index contributed by atoms with van der Waals surface area (Å²) in [5.41, 5.74) is 6.89. The normalized spacial score (nSPS) is 30.8. The van der Waals surface area contributed by atoms with Gasteiger partial charge in [0.25, 0.3) is 0 Å². The highest BCUT2D eigenvalue weighted by Crippen LogP contribution is 2.46. The second-order valence-corrected chi connectivity index (χ2v) is 7.10. The maximum absolute atomic E-state index is 13.5. The number of rotatable bonds is 2. The highest BCUT2D eigenvalue weighted by Gasteiger charge is 2.35. The molecular formula is C17H22ClF2N. The van der Waals surface area contributed by atoms with E-state index in [1.54, 1.807) is 0 Å². The summed E-state index contributed by atoms with van der Waals surface area (Å²) in [6, 6.07) is 1.92. The minimum Gasteiger partial charge on any atom is -0.324 e. The predicted molar refractivity (Wildman–Crippen MR) is 81.1 cm³/mol. The Balaban J connectivity index is 1.76. The van der Waals surface area contributed by atoms with Crippen LogP contribution in [0.5, 0.6) is 0 Å². The third-order valence-corrected chi connectivity index (χ3v) is 5.81. The van der Waals surface area contributed by atoms with Gasteiger partial charge in [0.2, 0.25) is 0 Å². The van der Waals surface area contributed by atoms with Crippen molar-refractivity contribution in [3.05, 3.63) is 34.4 Å². The third kappa shape index (κ3) is 3.09. The van der Waals surface area contributed by atoms with Crippen molar-refractivity contribution in [2.75, 3.05) is 0 Å². The van der Waals surface area contributed by atoms with Gasteiger partial charge >= 0.3 is 0 Å². The average Bonchev–Trinajstić information content (AvgIpc) is 2.50. The minimum atomic E-state index is -0.910. The molecule has 2 fully saturated rings. The van der Waals surface area contributed by atoms with Crippen molar-refractivity contribution in [2.24, 2.45) is 23.5 Å². The molecule has 2 saturated carbocycles. The number of nitrogens with two attached hydrogens (primary N) is 1. The second kappa shape index (κ2) is 6.21. The van der Waals surface area contributed by atoms with Crippen LogP contribution in [-0.2, 0) is 0 Å². The summed E-state index contributed by atoms with van der Waals surface area (Å²) >= 11 is 6.07. The van der Waals surface area contributed by atoms with Crippen LogP contribution in [0.15, 0.2) is 12.1 Å². The van der Waals surface area contributed by atoms with E-state index in [9.17, 15) is 8.78 Å². The van der Waals surface area contributed by atoms with E-state index in [2.05, 4.69) is 0 Å². The first-order chi connectivity index (χ1) is 10.1. The summed E-state index contributed by atoms with van der Waals surface area (Å²) in [7, 11) is 0. The molecule has 0 bridgehead atoms. The molecule has 0 aliphatic heterocycles. The van der Waals surface area contributed by atoms with Gasteiger partial charge in [-0.25, -0.2) is 8.78 Å². The molecule has 4 unspecified atom stereocenters. The van der Waals surface area contributed by atoms with E-state index in [1.165, 1.54) is 38.2 Å². The first-order valence-electron chi connectivity index (χ1n) is 7.96. The Morgan fingerprint density at radius 1 is 1.00 bits per heavy atom. The predicted octanol–water partition coefficient (Wildman–Crippen LogP) is 5.22. The Morgan fingerprint density at radius 2 is 1.67 bits per heavy atom. The molecule has 3 rings (SSSR count). The van der Waals surface area contributed by atoms with Gasteiger partial charge in [0, 0.05) is 11.1 Å². The van der Waals surface area contributed by atoms with E-state index < -0.39 is 11.6 Å². The zero-order valence-electron chi connectivity index (χ0n) is 12.1. The van der Waals surface area contributed by atoms with Gasteiger partial charge in [0.05, 0.1) is 0 Å². The van der Waals surface area contributed by atoms with Gasteiger partial charge in [-0.3, -0.25) is 0 Å². The second-order valence-electron chi connectivity index (χ2n) is 6.69. The van der Waals surface area contributed by atoms with Crippen LogP contribution in [-0.4, -0.2) is 0 Å². The third-order valence-electron chi connectivity index (χ3n) is 5.49. The molecule has 0 radical (unpaired) electrons. The monoisotopic (exact) mass is 313 g/mol. The lowest BCUT2D eigenvalue weighted by Crippen LogP contribution is -2.33. The molecule has 4 heteroatoms. The summed E-state index contributed by atoms with van der Waals surface area (Å²) in [4.78, 5) is 0. The van der Waals surface area contributed by atoms with Gasteiger partial charge < -0.3 is 5.73 Å². The average molecular weight is 314 g/mol. The van der Waals surface area contributed by atoms with Crippen LogP contribution in [0.2, 0.25) is 5.02 Å². The fraction of sp³-hybridized carbons (Fsp3) is 0.647. The Morgan fingerprint density at radius 3 is 2.43 bits per heavy atom. The van der Waals surface area contributed by atoms with Crippen molar-refractivity contribution in [3.63, 3.8) is 0 Å². The first kappa shape index (κ1) is 15.2. The van der Waals surface area contributed by atoms with Crippen LogP contribution in [0.3, 0.4) is 0 Å². The minimum absolute atomic E-state index is 0.243. The fourth-order valence-corrected chi connectivity index (χ4v) is 4.56. The molecule has 0 saturated heterocycles. The zero-order chi connectivity index (χ0) is 15.0. The number of benzene rings is 1. The quantitative estimate of drug-likeness (QED) is 0.744. The molecule has 4 atom stereocenters. The van der Waals surface area contributed by atoms with Gasteiger partial charge in [-0.05, 0) is 54.7 Å². The molecule has 2 aliphatic rings. The lowest BCUT2D eigenvalue weighted by atomic mass is 9.65. The Kier molecular flexibility index (Phi) is 4.51. The summed E-state index contributed by atoms with van der Waals surface area (Å²) in [6.45, 7) is 0. The SMILES string of the molecule is NC(c1cc(F)c(F)cc1Cl)C1CCC2CCCCC2C1. The summed E-state index contributed by atoms with van der Waals surface area (Å²) in [5.74, 6) is 0.157. The Bertz CT molecular complexity index is 520. The van der Waals surface area contributed by atoms with Crippen LogP contribution >= 0.6 is 11.6 Å². The molecule has 21 heavy (non-hydrogen) atoms. The highest BCUT2D eigenvalue weighted by atomic mass is 35.5. The lowest BCUT2D eigenvalue weighted by Gasteiger charge is -2.41. The first-order valence-corrected chi connectivity index (χ1v) is 8.34. The van der Waals surface area contributed by atoms with E-state index in [0.717, 1.165) is 30.7 Å². The molecule has 1 aromatic carbocycles. The molecule has 1 aromatic rings. The van der Waals surface area contributed by atoms with Gasteiger partial charge in [-0.15, -0.1) is 0 Å².